The van der Waals surface area contributed by atoms with Crippen LogP contribution in [0, 0.1) is 11.8 Å². The average molecular weight is 883 g/mol. The topological polar surface area (TPSA) is 175 Å². The number of hydrogen-bond acceptors (Lipinski definition) is 8. The number of imidazole rings is 2. The Kier molecular flexibility index (Phi) is 9.98. The minimum Gasteiger partial charge on any atom is -0.446 e. The number of H-pyrrole nitrogens is 2. The number of fused-ring (bicyclic) bond motifs is 2. The van der Waals surface area contributed by atoms with Gasteiger partial charge < -0.3 is 39.9 Å². The maximum Gasteiger partial charge on any atom is 0.408 e. The number of nitrogens with zero attached hydrogens (tertiary/aromatic N) is 4. The monoisotopic (exact) mass is 882 g/mol. The third kappa shape index (κ3) is 7.98. The fraction of sp³-hybridized carbons (Fsp3) is 0.346. The van der Waals surface area contributed by atoms with Gasteiger partial charge in [-0.3, -0.25) is 9.59 Å². The molecule has 6 aromatic rings. The summed E-state index contributed by atoms with van der Waals surface area (Å²) >= 11 is 0. The van der Waals surface area contributed by atoms with Crippen LogP contribution in [0.25, 0.3) is 33.6 Å². The average Bonchev–Trinajstić information content (AvgIpc) is 4.33. The third-order valence-electron chi connectivity index (χ3n) is 14.1. The van der Waals surface area contributed by atoms with Gasteiger partial charge in [0.2, 0.25) is 0 Å². The number of amides is 4. The molecule has 2 aliphatic heterocycles. The quantitative estimate of drug-likeness (QED) is 0.0891. The van der Waals surface area contributed by atoms with E-state index in [9.17, 15) is 19.2 Å². The second-order valence-electron chi connectivity index (χ2n) is 18.8. The summed E-state index contributed by atoms with van der Waals surface area (Å²) in [4.78, 5) is 74.8. The lowest BCUT2D eigenvalue weighted by Gasteiger charge is -2.30. The maximum atomic E-state index is 14.4. The molecule has 12 rings (SSSR count). The highest BCUT2D eigenvalue weighted by Crippen LogP contribution is 2.55. The minimum atomic E-state index is -0.855. The zero-order valence-corrected chi connectivity index (χ0v) is 36.2. The number of aromatic amines is 2. The van der Waals surface area contributed by atoms with Crippen LogP contribution in [0.2, 0.25) is 0 Å². The summed E-state index contributed by atoms with van der Waals surface area (Å²) in [5.74, 6) is 2.00. The van der Waals surface area contributed by atoms with Crippen LogP contribution in [0.5, 0.6) is 0 Å². The molecule has 14 nitrogen and oxygen atoms in total. The van der Waals surface area contributed by atoms with E-state index in [0.717, 1.165) is 108 Å². The normalized spacial score (nSPS) is 24.4. The van der Waals surface area contributed by atoms with E-state index in [4.69, 9.17) is 19.4 Å². The van der Waals surface area contributed by atoms with E-state index in [1.54, 1.807) is 0 Å². The van der Waals surface area contributed by atoms with Crippen molar-refractivity contribution in [1.29, 1.82) is 0 Å². The van der Waals surface area contributed by atoms with Crippen LogP contribution < -0.4 is 10.6 Å². The second kappa shape index (κ2) is 16.3. The highest BCUT2D eigenvalue weighted by atomic mass is 16.6. The molecule has 0 radical (unpaired) electrons. The molecule has 4 saturated carbocycles. The second-order valence-corrected chi connectivity index (χ2v) is 18.8. The van der Waals surface area contributed by atoms with Crippen molar-refractivity contribution in [3.8, 4) is 33.6 Å². The Hall–Kier alpha value is -7.22. The summed E-state index contributed by atoms with van der Waals surface area (Å²) in [6.07, 6.45) is 9.35. The van der Waals surface area contributed by atoms with E-state index in [0.29, 0.717) is 11.8 Å². The Morgan fingerprint density at radius 2 is 0.894 bits per heavy atom. The summed E-state index contributed by atoms with van der Waals surface area (Å²) in [5.41, 5.74) is 7.25. The van der Waals surface area contributed by atoms with Crippen molar-refractivity contribution in [3.05, 3.63) is 144 Å². The number of nitrogens with one attached hydrogen (secondary N) is 4. The number of rotatable bonds is 13. The van der Waals surface area contributed by atoms with Crippen molar-refractivity contribution in [3.63, 3.8) is 0 Å². The number of benzene rings is 4. The van der Waals surface area contributed by atoms with Gasteiger partial charge in [0.25, 0.3) is 11.8 Å². The van der Waals surface area contributed by atoms with Gasteiger partial charge in [-0.15, -0.1) is 0 Å². The molecule has 66 heavy (non-hydrogen) atoms. The van der Waals surface area contributed by atoms with E-state index >= 15 is 0 Å². The van der Waals surface area contributed by atoms with Gasteiger partial charge in [0, 0.05) is 12.1 Å². The molecule has 4 aliphatic carbocycles. The standard InChI is InChI=1S/C52H50N8O6/c61-49(45(33-7-3-1-4-8-33)57-51(63)65-37-19-20-37)59-41-23-35(41)25-43(59)47-53-27-39(55-47)31-15-11-29(12-16-31)30-13-17-32(18-14-30)40-28-54-48(56-40)44-26-36-24-42(36)60(44)50(62)46(34-9-5-2-6-10-34)58-52(64)66-38-21-22-38/h1-18,27-28,35-38,41-46H,19-26H2,(H,53,55)(H,54,56)(H,57,63)(H,58,64)/t35-,36-,41-,42-,43+,44+,45-,46-/m1/s1. The van der Waals surface area contributed by atoms with E-state index in [-0.39, 0.29) is 48.2 Å². The van der Waals surface area contributed by atoms with Crippen molar-refractivity contribution >= 4 is 24.0 Å². The molecule has 0 unspecified atom stereocenters. The van der Waals surface area contributed by atoms with Crippen molar-refractivity contribution in [2.75, 3.05) is 0 Å². The highest BCUT2D eigenvalue weighted by Gasteiger charge is 2.57. The van der Waals surface area contributed by atoms with E-state index in [1.807, 2.05) is 82.9 Å². The molecule has 8 atom stereocenters. The molecule has 6 aliphatic rings. The first kappa shape index (κ1) is 40.3. The van der Waals surface area contributed by atoms with Gasteiger partial charge in [0.15, 0.2) is 0 Å². The third-order valence-corrected chi connectivity index (χ3v) is 14.1. The van der Waals surface area contributed by atoms with E-state index < -0.39 is 24.3 Å². The summed E-state index contributed by atoms with van der Waals surface area (Å²) in [7, 11) is 0. The zero-order valence-electron chi connectivity index (χ0n) is 36.2. The van der Waals surface area contributed by atoms with Crippen molar-refractivity contribution in [2.24, 2.45) is 11.8 Å². The van der Waals surface area contributed by atoms with Crippen molar-refractivity contribution in [2.45, 2.75) is 99.8 Å². The summed E-state index contributed by atoms with van der Waals surface area (Å²) in [6, 6.07) is 33.5. The van der Waals surface area contributed by atoms with Gasteiger partial charge in [-0.1, -0.05) is 109 Å². The van der Waals surface area contributed by atoms with Crippen LogP contribution in [-0.2, 0) is 19.1 Å². The first-order valence-electron chi connectivity index (χ1n) is 23.3. The van der Waals surface area contributed by atoms with Gasteiger partial charge in [-0.25, -0.2) is 19.6 Å². The molecule has 4 aromatic carbocycles. The molecule has 4 heterocycles. The van der Waals surface area contributed by atoms with Crippen LogP contribution in [0.4, 0.5) is 9.59 Å². The lowest BCUT2D eigenvalue weighted by Crippen LogP contribution is -2.44. The molecule has 4 amide bonds. The SMILES string of the molecule is O=C(N[C@@H](C(=O)N1[C@@H]2C[C@@H]2C[C@H]1c1ncc(-c2ccc(-c3ccc(-c4cnc([C@@H]5C[C@H]6C[C@H]6N5C(=O)[C@H](NC(=O)OC5CC5)c5ccccc5)[nH]4)cc3)cc2)[nH]1)c1ccccc1)OC1CC1. The van der Waals surface area contributed by atoms with Crippen LogP contribution in [-0.4, -0.2) is 78.0 Å². The summed E-state index contributed by atoms with van der Waals surface area (Å²) in [6.45, 7) is 0. The number of likely N-dealkylation sites (tertiary alicyclic amines) is 2. The van der Waals surface area contributed by atoms with Crippen molar-refractivity contribution < 1.29 is 28.7 Å². The fourth-order valence-corrected chi connectivity index (χ4v) is 10.2. The number of piperidine rings is 2. The van der Waals surface area contributed by atoms with Gasteiger partial charge in [0.1, 0.15) is 35.9 Å². The number of hydrogen-bond donors (Lipinski definition) is 4. The predicted octanol–water partition coefficient (Wildman–Crippen LogP) is 8.72. The molecule has 2 saturated heterocycles. The van der Waals surface area contributed by atoms with Crippen LogP contribution in [0.15, 0.2) is 122 Å². The van der Waals surface area contributed by atoms with Gasteiger partial charge in [-0.05, 0) is 96.6 Å². The lowest BCUT2D eigenvalue weighted by atomic mass is 10.0. The van der Waals surface area contributed by atoms with Crippen LogP contribution in [0.3, 0.4) is 0 Å². The molecule has 334 valence electrons. The molecule has 0 bridgehead atoms. The molecule has 6 fully saturated rings. The smallest absolute Gasteiger partial charge is 0.408 e. The molecular formula is C52H50N8O6. The molecule has 4 N–H and O–H groups in total. The number of alkyl carbamates (subject to hydrolysis) is 2. The Balaban J connectivity index is 0.717. The molecule has 2 aromatic heterocycles. The van der Waals surface area contributed by atoms with Crippen molar-refractivity contribution in [1.82, 2.24) is 40.4 Å². The number of ether oxygens (including phenoxy) is 2. The maximum absolute atomic E-state index is 14.4. The molecule has 14 heteroatoms. The lowest BCUT2D eigenvalue weighted by molar-refractivity contribution is -0.136. The van der Waals surface area contributed by atoms with Gasteiger partial charge in [0.05, 0.1) is 35.9 Å². The Bertz CT molecular complexity index is 2590. The molecule has 0 spiro atoms. The summed E-state index contributed by atoms with van der Waals surface area (Å²) in [5, 5.41) is 5.75. The first-order valence-corrected chi connectivity index (χ1v) is 23.3. The Morgan fingerprint density at radius 3 is 1.27 bits per heavy atom. The molecular weight excluding hydrogens is 833 g/mol. The van der Waals surface area contributed by atoms with Gasteiger partial charge >= 0.3 is 12.2 Å². The number of carbonyl (C=O) groups is 4. The highest BCUT2D eigenvalue weighted by molar-refractivity contribution is 5.89. The fourth-order valence-electron chi connectivity index (χ4n) is 10.2. The summed E-state index contributed by atoms with van der Waals surface area (Å²) < 4.78 is 11.0. The van der Waals surface area contributed by atoms with E-state index in [1.165, 1.54) is 0 Å². The van der Waals surface area contributed by atoms with E-state index in [2.05, 4.69) is 69.1 Å². The zero-order chi connectivity index (χ0) is 44.5. The van der Waals surface area contributed by atoms with Crippen LogP contribution >= 0.6 is 0 Å². The predicted molar refractivity (Wildman–Crippen MR) is 243 cm³/mol. The Morgan fingerprint density at radius 1 is 0.515 bits per heavy atom. The minimum absolute atomic E-state index is 0.0700. The number of carbonyl (C=O) groups excluding carboxylic acids is 4. The van der Waals surface area contributed by atoms with Gasteiger partial charge in [-0.2, -0.15) is 0 Å². The number of aromatic nitrogens is 4. The largest absolute Gasteiger partial charge is 0.446 e. The first-order chi connectivity index (χ1) is 32.3. The Labute approximate surface area is 381 Å². The van der Waals surface area contributed by atoms with Crippen LogP contribution in [0.1, 0.15) is 98.3 Å².